The van der Waals surface area contributed by atoms with Gasteiger partial charge in [0.2, 0.25) is 0 Å². The van der Waals surface area contributed by atoms with Gasteiger partial charge in [-0.15, -0.1) is 0 Å². The van der Waals surface area contributed by atoms with Crippen LogP contribution < -0.4 is 0 Å². The molecule has 64 valence electrons. The second-order valence-electron chi connectivity index (χ2n) is 3.49. The van der Waals surface area contributed by atoms with E-state index in [9.17, 15) is 0 Å². The first kappa shape index (κ1) is 7.90. The summed E-state index contributed by atoms with van der Waals surface area (Å²) in [5.74, 6) is 0. The van der Waals surface area contributed by atoms with E-state index in [1.54, 1.807) is 7.11 Å². The molecule has 0 amide bonds. The summed E-state index contributed by atoms with van der Waals surface area (Å²) >= 11 is 2.03. The maximum absolute atomic E-state index is 5.19. The minimum absolute atomic E-state index is 0.495. The van der Waals surface area contributed by atoms with Crippen LogP contribution in [-0.4, -0.2) is 35.9 Å². The monoisotopic (exact) mass is 173 g/mol. The van der Waals surface area contributed by atoms with Gasteiger partial charge in [0.05, 0.1) is 11.4 Å². The Morgan fingerprint density at radius 2 is 2.18 bits per heavy atom. The molecule has 2 rings (SSSR count). The Morgan fingerprint density at radius 1 is 1.45 bits per heavy atom. The average molecular weight is 173 g/mol. The summed E-state index contributed by atoms with van der Waals surface area (Å²) in [5.41, 5.74) is 0. The van der Waals surface area contributed by atoms with Gasteiger partial charge in [0.1, 0.15) is 0 Å². The van der Waals surface area contributed by atoms with E-state index < -0.39 is 0 Å². The minimum atomic E-state index is 0.495. The van der Waals surface area contributed by atoms with Gasteiger partial charge in [-0.25, -0.2) is 4.31 Å². The first-order valence-corrected chi connectivity index (χ1v) is 5.05. The molecule has 1 heterocycles. The summed E-state index contributed by atoms with van der Waals surface area (Å²) in [4.78, 5) is 0. The smallest absolute Gasteiger partial charge is 0.0622 e. The van der Waals surface area contributed by atoms with Gasteiger partial charge in [0.15, 0.2) is 0 Å². The molecule has 0 aromatic carbocycles. The quantitative estimate of drug-likeness (QED) is 0.598. The van der Waals surface area contributed by atoms with Crippen molar-refractivity contribution in [3.63, 3.8) is 0 Å². The van der Waals surface area contributed by atoms with Gasteiger partial charge >= 0.3 is 0 Å². The fourth-order valence-electron chi connectivity index (χ4n) is 1.32. The molecule has 0 unspecified atom stereocenters. The predicted molar refractivity (Wildman–Crippen MR) is 47.6 cm³/mol. The highest BCUT2D eigenvalue weighted by atomic mass is 32.2. The molecule has 11 heavy (non-hydrogen) atoms. The van der Waals surface area contributed by atoms with E-state index in [0.29, 0.717) is 4.75 Å². The fourth-order valence-corrected chi connectivity index (χ4v) is 2.76. The summed E-state index contributed by atoms with van der Waals surface area (Å²) < 4.78 is 8.15. The lowest BCUT2D eigenvalue weighted by atomic mass is 10.3. The number of methoxy groups -OCH3 is 1. The van der Waals surface area contributed by atoms with Crippen molar-refractivity contribution in [1.82, 2.24) is 4.31 Å². The molecule has 0 N–H and O–H groups in total. The second-order valence-corrected chi connectivity index (χ2v) is 5.05. The van der Waals surface area contributed by atoms with E-state index in [4.69, 9.17) is 4.74 Å². The van der Waals surface area contributed by atoms with E-state index in [0.717, 1.165) is 6.61 Å². The fraction of sp³-hybridized carbons (Fsp3) is 1.00. The van der Waals surface area contributed by atoms with Crippen LogP contribution in [0.4, 0.5) is 0 Å². The minimum Gasteiger partial charge on any atom is -0.383 e. The van der Waals surface area contributed by atoms with Gasteiger partial charge in [0.25, 0.3) is 0 Å². The van der Waals surface area contributed by atoms with Crippen LogP contribution in [0.3, 0.4) is 0 Å². The van der Waals surface area contributed by atoms with Crippen LogP contribution in [0, 0.1) is 0 Å². The van der Waals surface area contributed by atoms with E-state index in [1.165, 1.54) is 32.4 Å². The van der Waals surface area contributed by atoms with Crippen LogP contribution in [0.1, 0.15) is 19.3 Å². The summed E-state index contributed by atoms with van der Waals surface area (Å²) in [6.45, 7) is 3.51. The number of ether oxygens (including phenoxy) is 1. The van der Waals surface area contributed by atoms with Gasteiger partial charge in [0, 0.05) is 20.2 Å². The summed E-state index contributed by atoms with van der Waals surface area (Å²) in [7, 11) is 1.80. The van der Waals surface area contributed by atoms with Gasteiger partial charge in [-0.1, -0.05) is 11.9 Å². The van der Waals surface area contributed by atoms with E-state index >= 15 is 0 Å². The highest BCUT2D eigenvalue weighted by Crippen LogP contribution is 2.50. The SMILES string of the molecule is COCC1(SN2CCC2)CC1. The third-order valence-corrected chi connectivity index (χ3v) is 3.89. The zero-order valence-electron chi connectivity index (χ0n) is 7.01. The van der Waals surface area contributed by atoms with Crippen molar-refractivity contribution in [3.8, 4) is 0 Å². The first-order valence-electron chi connectivity index (χ1n) is 4.28. The molecule has 0 atom stereocenters. The van der Waals surface area contributed by atoms with Gasteiger partial charge in [-0.2, -0.15) is 0 Å². The molecule has 1 saturated carbocycles. The van der Waals surface area contributed by atoms with Crippen molar-refractivity contribution in [2.24, 2.45) is 0 Å². The molecule has 2 fully saturated rings. The summed E-state index contributed by atoms with van der Waals surface area (Å²) in [6.07, 6.45) is 4.08. The Labute approximate surface area is 72.4 Å². The first-order chi connectivity index (χ1) is 5.35. The Kier molecular flexibility index (Phi) is 2.12. The van der Waals surface area contributed by atoms with Gasteiger partial charge in [-0.05, 0) is 19.3 Å². The molecule has 0 spiro atoms. The molecule has 1 aliphatic heterocycles. The van der Waals surface area contributed by atoms with E-state index in [-0.39, 0.29) is 0 Å². The molecule has 0 radical (unpaired) electrons. The lowest BCUT2D eigenvalue weighted by molar-refractivity contribution is 0.192. The number of hydrogen-bond donors (Lipinski definition) is 0. The lowest BCUT2D eigenvalue weighted by Crippen LogP contribution is -2.34. The maximum Gasteiger partial charge on any atom is 0.0622 e. The van der Waals surface area contributed by atoms with Crippen molar-refractivity contribution in [2.75, 3.05) is 26.8 Å². The third-order valence-electron chi connectivity index (χ3n) is 2.35. The van der Waals surface area contributed by atoms with Crippen LogP contribution >= 0.6 is 11.9 Å². The topological polar surface area (TPSA) is 12.5 Å². The zero-order chi connectivity index (χ0) is 7.73. The summed E-state index contributed by atoms with van der Waals surface area (Å²) in [5, 5.41) is 0. The Hall–Kier alpha value is 0.270. The summed E-state index contributed by atoms with van der Waals surface area (Å²) in [6, 6.07) is 0. The highest BCUT2D eigenvalue weighted by molar-refractivity contribution is 7.98. The standard InChI is InChI=1S/C8H15NOS/c1-10-7-8(3-4-8)11-9-5-2-6-9/h2-7H2,1H3. The molecule has 0 aromatic rings. The van der Waals surface area contributed by atoms with Crippen LogP contribution in [0.5, 0.6) is 0 Å². The van der Waals surface area contributed by atoms with Crippen molar-refractivity contribution < 1.29 is 4.74 Å². The normalized spacial score (nSPS) is 28.1. The Bertz CT molecular complexity index is 143. The molecular formula is C8H15NOS. The van der Waals surface area contributed by atoms with Crippen molar-refractivity contribution in [3.05, 3.63) is 0 Å². The van der Waals surface area contributed by atoms with Gasteiger partial charge in [-0.3, -0.25) is 0 Å². The lowest BCUT2D eigenvalue weighted by Gasteiger charge is -2.32. The van der Waals surface area contributed by atoms with Crippen molar-refractivity contribution >= 4 is 11.9 Å². The van der Waals surface area contributed by atoms with E-state index in [1.807, 2.05) is 11.9 Å². The number of rotatable bonds is 4. The number of hydrogen-bond acceptors (Lipinski definition) is 3. The average Bonchev–Trinajstić information content (AvgIpc) is 2.62. The van der Waals surface area contributed by atoms with Crippen molar-refractivity contribution in [2.45, 2.75) is 24.0 Å². The number of nitrogens with zero attached hydrogens (tertiary/aromatic N) is 1. The zero-order valence-corrected chi connectivity index (χ0v) is 7.82. The Morgan fingerprint density at radius 3 is 2.55 bits per heavy atom. The second kappa shape index (κ2) is 2.96. The van der Waals surface area contributed by atoms with Crippen molar-refractivity contribution in [1.29, 1.82) is 0 Å². The molecule has 2 nitrogen and oxygen atoms in total. The van der Waals surface area contributed by atoms with Crippen LogP contribution in [0.25, 0.3) is 0 Å². The molecule has 1 saturated heterocycles. The Balaban J connectivity index is 1.74. The van der Waals surface area contributed by atoms with E-state index in [2.05, 4.69) is 4.31 Å². The molecule has 0 bridgehead atoms. The molecule has 0 aromatic heterocycles. The van der Waals surface area contributed by atoms with Crippen LogP contribution in [0.2, 0.25) is 0 Å². The van der Waals surface area contributed by atoms with Crippen LogP contribution in [-0.2, 0) is 4.74 Å². The molecule has 1 aliphatic carbocycles. The largest absolute Gasteiger partial charge is 0.383 e. The predicted octanol–water partition coefficient (Wildman–Crippen LogP) is 1.52. The third kappa shape index (κ3) is 1.71. The molecule has 3 heteroatoms. The highest BCUT2D eigenvalue weighted by Gasteiger charge is 2.46. The molecular weight excluding hydrogens is 158 g/mol. The maximum atomic E-state index is 5.19. The molecule has 2 aliphatic rings. The van der Waals surface area contributed by atoms with Crippen LogP contribution in [0.15, 0.2) is 0 Å². The van der Waals surface area contributed by atoms with Gasteiger partial charge < -0.3 is 4.74 Å².